The van der Waals surface area contributed by atoms with Crippen LogP contribution in [0.1, 0.15) is 45.5 Å². The highest BCUT2D eigenvalue weighted by atomic mass is 32.2. The third-order valence-electron chi connectivity index (χ3n) is 2.96. The lowest BCUT2D eigenvalue weighted by Gasteiger charge is -2.14. The minimum absolute atomic E-state index is 0.141. The summed E-state index contributed by atoms with van der Waals surface area (Å²) in [5.74, 6) is 0.845. The van der Waals surface area contributed by atoms with E-state index >= 15 is 0 Å². The van der Waals surface area contributed by atoms with E-state index in [1.807, 2.05) is 6.92 Å². The maximum Gasteiger partial charge on any atom is 0.167 e. The molecule has 3 unspecified atom stereocenters. The number of nitrogens with one attached hydrogen (secondary N) is 1. The SMILES string of the molecule is CCCNC(C)c1nnnn1CCC(C)S(C)=O. The number of hydrogen-bond donors (Lipinski definition) is 1. The molecule has 1 N–H and O–H groups in total. The molecule has 0 saturated carbocycles. The monoisotopic (exact) mass is 273 g/mol. The minimum atomic E-state index is -0.792. The van der Waals surface area contributed by atoms with Gasteiger partial charge in [-0.2, -0.15) is 0 Å². The Bertz CT molecular complexity index is 381. The Labute approximate surface area is 111 Å². The van der Waals surface area contributed by atoms with Crippen molar-refractivity contribution in [1.29, 1.82) is 0 Å². The van der Waals surface area contributed by atoms with Crippen molar-refractivity contribution >= 4 is 10.8 Å². The van der Waals surface area contributed by atoms with Gasteiger partial charge < -0.3 is 5.32 Å². The Hall–Kier alpha value is -0.820. The molecule has 18 heavy (non-hydrogen) atoms. The molecule has 0 amide bonds. The summed E-state index contributed by atoms with van der Waals surface area (Å²) >= 11 is 0. The summed E-state index contributed by atoms with van der Waals surface area (Å²) in [4.78, 5) is 0. The number of rotatable bonds is 8. The number of aromatic nitrogens is 4. The van der Waals surface area contributed by atoms with Crippen LogP contribution >= 0.6 is 0 Å². The molecule has 0 saturated heterocycles. The van der Waals surface area contributed by atoms with E-state index in [1.54, 1.807) is 10.9 Å². The third-order valence-corrected chi connectivity index (χ3v) is 4.33. The van der Waals surface area contributed by atoms with Gasteiger partial charge in [-0.05, 0) is 36.7 Å². The second-order valence-corrected chi connectivity index (χ2v) is 6.34. The van der Waals surface area contributed by atoms with Crippen LogP contribution in [0.3, 0.4) is 0 Å². The molecular formula is C11H23N5OS. The van der Waals surface area contributed by atoms with E-state index in [4.69, 9.17) is 0 Å². The van der Waals surface area contributed by atoms with Crippen molar-refractivity contribution in [2.24, 2.45) is 0 Å². The Morgan fingerprint density at radius 2 is 2.17 bits per heavy atom. The van der Waals surface area contributed by atoms with E-state index in [0.29, 0.717) is 6.54 Å². The number of tetrazole rings is 1. The average Bonchev–Trinajstić information content (AvgIpc) is 2.81. The van der Waals surface area contributed by atoms with Crippen molar-refractivity contribution in [1.82, 2.24) is 25.5 Å². The predicted octanol–water partition coefficient (Wildman–Crippen LogP) is 0.891. The maximum absolute atomic E-state index is 11.3. The molecule has 0 aromatic carbocycles. The van der Waals surface area contributed by atoms with E-state index < -0.39 is 10.8 Å². The summed E-state index contributed by atoms with van der Waals surface area (Å²) < 4.78 is 13.1. The molecule has 7 heteroatoms. The van der Waals surface area contributed by atoms with Crippen molar-refractivity contribution in [2.75, 3.05) is 12.8 Å². The van der Waals surface area contributed by atoms with Gasteiger partial charge in [-0.3, -0.25) is 4.21 Å². The van der Waals surface area contributed by atoms with Crippen LogP contribution in [0.2, 0.25) is 0 Å². The smallest absolute Gasteiger partial charge is 0.167 e. The van der Waals surface area contributed by atoms with Crippen LogP contribution < -0.4 is 5.32 Å². The highest BCUT2D eigenvalue weighted by molar-refractivity contribution is 7.84. The fourth-order valence-corrected chi connectivity index (χ4v) is 2.04. The molecule has 3 atom stereocenters. The first-order valence-corrected chi connectivity index (χ1v) is 8.00. The zero-order valence-electron chi connectivity index (χ0n) is 11.6. The molecule has 1 aromatic rings. The van der Waals surface area contributed by atoms with Crippen LogP contribution in [-0.4, -0.2) is 42.5 Å². The average molecular weight is 273 g/mol. The van der Waals surface area contributed by atoms with Gasteiger partial charge in [0.05, 0.1) is 6.04 Å². The second kappa shape index (κ2) is 7.58. The molecule has 0 spiro atoms. The molecule has 0 aliphatic carbocycles. The van der Waals surface area contributed by atoms with Crippen LogP contribution in [-0.2, 0) is 17.3 Å². The van der Waals surface area contributed by atoms with E-state index in [9.17, 15) is 4.21 Å². The van der Waals surface area contributed by atoms with Gasteiger partial charge in [0.1, 0.15) is 0 Å². The van der Waals surface area contributed by atoms with Crippen molar-refractivity contribution in [3.05, 3.63) is 5.82 Å². The summed E-state index contributed by atoms with van der Waals surface area (Å²) in [6, 6.07) is 0.141. The zero-order chi connectivity index (χ0) is 13.5. The molecule has 0 bridgehead atoms. The first-order chi connectivity index (χ1) is 8.56. The normalized spacial score (nSPS) is 16.4. The minimum Gasteiger partial charge on any atom is -0.307 e. The van der Waals surface area contributed by atoms with Gasteiger partial charge in [0, 0.05) is 28.9 Å². The van der Waals surface area contributed by atoms with E-state index in [2.05, 4.69) is 34.7 Å². The van der Waals surface area contributed by atoms with Gasteiger partial charge >= 0.3 is 0 Å². The molecule has 0 aliphatic rings. The maximum atomic E-state index is 11.3. The van der Waals surface area contributed by atoms with Crippen LogP contribution in [0.25, 0.3) is 0 Å². The molecule has 1 heterocycles. The molecule has 6 nitrogen and oxygen atoms in total. The lowest BCUT2D eigenvalue weighted by atomic mass is 10.3. The highest BCUT2D eigenvalue weighted by Crippen LogP contribution is 2.09. The number of nitrogens with zero attached hydrogens (tertiary/aromatic N) is 4. The summed E-state index contributed by atoms with van der Waals surface area (Å²) in [5, 5.41) is 15.3. The lowest BCUT2D eigenvalue weighted by Crippen LogP contribution is -2.24. The van der Waals surface area contributed by atoms with Crippen molar-refractivity contribution in [3.63, 3.8) is 0 Å². The largest absolute Gasteiger partial charge is 0.307 e. The Kier molecular flexibility index (Phi) is 6.42. The Morgan fingerprint density at radius 1 is 1.44 bits per heavy atom. The van der Waals surface area contributed by atoms with Gasteiger partial charge in [-0.1, -0.05) is 13.8 Å². The first-order valence-electron chi connectivity index (χ1n) is 6.38. The summed E-state index contributed by atoms with van der Waals surface area (Å²) in [6.07, 6.45) is 3.63. The van der Waals surface area contributed by atoms with Gasteiger partial charge in [-0.15, -0.1) is 5.10 Å². The van der Waals surface area contributed by atoms with Crippen molar-refractivity contribution < 1.29 is 4.21 Å². The Balaban J connectivity index is 2.56. The molecule has 0 aliphatic heterocycles. The second-order valence-electron chi connectivity index (χ2n) is 4.53. The molecule has 0 fully saturated rings. The van der Waals surface area contributed by atoms with E-state index in [1.165, 1.54) is 0 Å². The lowest BCUT2D eigenvalue weighted by molar-refractivity contribution is 0.475. The topological polar surface area (TPSA) is 72.7 Å². The molecule has 1 aromatic heterocycles. The van der Waals surface area contributed by atoms with Gasteiger partial charge in [0.15, 0.2) is 5.82 Å². The van der Waals surface area contributed by atoms with Crippen LogP contribution in [0, 0.1) is 0 Å². The predicted molar refractivity (Wildman–Crippen MR) is 72.7 cm³/mol. The van der Waals surface area contributed by atoms with E-state index in [0.717, 1.165) is 25.2 Å². The van der Waals surface area contributed by atoms with Gasteiger partial charge in [0.25, 0.3) is 0 Å². The Morgan fingerprint density at radius 3 is 2.78 bits per heavy atom. The van der Waals surface area contributed by atoms with Crippen molar-refractivity contribution in [2.45, 2.75) is 51.4 Å². The number of aryl methyl sites for hydroxylation is 1. The standard InChI is InChI=1S/C11H23N5OS/c1-5-7-12-10(3)11-13-14-15-16(11)8-6-9(2)18(4)17/h9-10,12H,5-8H2,1-4H3. The van der Waals surface area contributed by atoms with E-state index in [-0.39, 0.29) is 11.3 Å². The van der Waals surface area contributed by atoms with Crippen LogP contribution in [0.5, 0.6) is 0 Å². The van der Waals surface area contributed by atoms with Crippen LogP contribution in [0.4, 0.5) is 0 Å². The van der Waals surface area contributed by atoms with Gasteiger partial charge in [0.2, 0.25) is 0 Å². The molecular weight excluding hydrogens is 250 g/mol. The molecule has 0 radical (unpaired) electrons. The third kappa shape index (κ3) is 4.45. The molecule has 1 rings (SSSR count). The summed E-state index contributed by atoms with van der Waals surface area (Å²) in [6.45, 7) is 7.82. The summed E-state index contributed by atoms with van der Waals surface area (Å²) in [7, 11) is -0.792. The quantitative estimate of drug-likeness (QED) is 0.761. The number of hydrogen-bond acceptors (Lipinski definition) is 5. The van der Waals surface area contributed by atoms with Gasteiger partial charge in [-0.25, -0.2) is 4.68 Å². The molecule has 104 valence electrons. The van der Waals surface area contributed by atoms with Crippen molar-refractivity contribution in [3.8, 4) is 0 Å². The van der Waals surface area contributed by atoms with Crippen LogP contribution in [0.15, 0.2) is 0 Å². The summed E-state index contributed by atoms with van der Waals surface area (Å²) in [5.41, 5.74) is 0. The first kappa shape index (κ1) is 15.2. The highest BCUT2D eigenvalue weighted by Gasteiger charge is 2.15. The zero-order valence-corrected chi connectivity index (χ0v) is 12.4. The fourth-order valence-electron chi connectivity index (χ4n) is 1.60. The fraction of sp³-hybridized carbons (Fsp3) is 0.909.